The van der Waals surface area contributed by atoms with Crippen molar-refractivity contribution < 1.29 is 46.1 Å². The number of carbonyl (C=O) groups is 2. The first kappa shape index (κ1) is 41.6. The average Bonchev–Trinajstić information content (AvgIpc) is 3.77. The predicted molar refractivity (Wildman–Crippen MR) is 210 cm³/mol. The summed E-state index contributed by atoms with van der Waals surface area (Å²) in [6.07, 6.45) is 0. The van der Waals surface area contributed by atoms with Crippen molar-refractivity contribution in [2.75, 3.05) is 14.2 Å². The van der Waals surface area contributed by atoms with E-state index in [1.807, 2.05) is 41.8 Å². The molecule has 0 atom stereocenters. The molecule has 0 unspecified atom stereocenters. The van der Waals surface area contributed by atoms with Gasteiger partial charge < -0.3 is 30.4 Å². The number of rotatable bonds is 12. The molecule has 2 amide bonds. The quantitative estimate of drug-likeness (QED) is 0.115. The largest absolute Gasteiger partial charge is 0.497 e. The van der Waals surface area contributed by atoms with Crippen LogP contribution in [0.25, 0.3) is 22.5 Å². The third-order valence-electron chi connectivity index (χ3n) is 7.37. The number of thiazole rings is 2. The molecule has 6 rings (SSSR count). The first-order chi connectivity index (χ1) is 26.2. The van der Waals surface area contributed by atoms with Crippen molar-refractivity contribution in [3.63, 3.8) is 0 Å². The minimum Gasteiger partial charge on any atom is -0.497 e. The monoisotopic (exact) mass is 986 g/mol. The molecule has 6 aromatic rings. The van der Waals surface area contributed by atoms with E-state index in [4.69, 9.17) is 30.4 Å². The molecule has 0 saturated carbocycles. The second-order valence-electron chi connectivity index (χ2n) is 10.8. The van der Waals surface area contributed by atoms with E-state index in [9.17, 15) is 27.2 Å². The number of carbonyl (C=O) groups excluding carboxylic acids is 2. The summed E-state index contributed by atoms with van der Waals surface area (Å²) in [7, 11) is 3.14. The van der Waals surface area contributed by atoms with Crippen LogP contribution >= 0.6 is 70.5 Å². The highest BCUT2D eigenvalue weighted by molar-refractivity contribution is 9.11. The van der Waals surface area contributed by atoms with Crippen molar-refractivity contribution in [1.82, 2.24) is 9.97 Å². The predicted octanol–water partition coefficient (Wildman–Crippen LogP) is 9.84. The zero-order valence-corrected chi connectivity index (χ0v) is 34.6. The average molecular weight is 989 g/mol. The van der Waals surface area contributed by atoms with E-state index in [2.05, 4.69) is 57.8 Å². The van der Waals surface area contributed by atoms with Gasteiger partial charge >= 0.3 is 0 Å². The SMILES string of the molecule is COc1ccc(Br)c(-c2csc(COc3ccc(F)c(C(N)=O)c3F)n2)c1.COc1ccc(Br)c(-c2nc(COc3ccc(F)c(C(N)=O)c3F)sc2Br)c1. The topological polar surface area (TPSA) is 149 Å². The fraction of sp³-hybridized carbons (Fsp3) is 0.111. The fourth-order valence-electron chi connectivity index (χ4n) is 4.73. The van der Waals surface area contributed by atoms with Crippen molar-refractivity contribution in [3.8, 4) is 45.5 Å². The van der Waals surface area contributed by atoms with Crippen LogP contribution in [0.4, 0.5) is 17.6 Å². The highest BCUT2D eigenvalue weighted by Gasteiger charge is 2.22. The number of amides is 2. The number of benzene rings is 4. The third kappa shape index (κ3) is 9.82. The zero-order chi connectivity index (χ0) is 40.0. The molecule has 0 aliphatic heterocycles. The van der Waals surface area contributed by atoms with Gasteiger partial charge in [-0.15, -0.1) is 22.7 Å². The number of hydrogen-bond donors (Lipinski definition) is 2. The van der Waals surface area contributed by atoms with Gasteiger partial charge in [0.1, 0.15) is 57.5 Å². The maximum Gasteiger partial charge on any atom is 0.254 e. The lowest BCUT2D eigenvalue weighted by Gasteiger charge is -2.08. The van der Waals surface area contributed by atoms with E-state index in [1.54, 1.807) is 14.2 Å². The van der Waals surface area contributed by atoms with Crippen molar-refractivity contribution in [2.24, 2.45) is 11.5 Å². The molecule has 19 heteroatoms. The minimum atomic E-state index is -1.21. The van der Waals surface area contributed by atoms with Crippen molar-refractivity contribution >= 4 is 82.3 Å². The molecule has 286 valence electrons. The molecular weight excluding hydrogens is 964 g/mol. The number of methoxy groups -OCH3 is 2. The summed E-state index contributed by atoms with van der Waals surface area (Å²) in [6.45, 7) is -0.126. The number of nitrogens with two attached hydrogens (primary N) is 2. The highest BCUT2D eigenvalue weighted by Crippen LogP contribution is 2.39. The standard InChI is InChI=1S/C18H12Br2F2N2O3S.C18H13BrF2N2O3S/c1-26-8-2-3-10(19)9(6-8)16-17(20)28-13(24-16)7-27-12-5-4-11(21)14(15(12)22)18(23)25;1-25-9-2-3-11(19)10(6-9)13-8-27-15(23-13)7-26-14-5-4-12(20)16(17(14)21)18(22)24/h2-6H,7H2,1H3,(H2,23,25);2-6,8H,7H2,1H3,(H2,22,24). The van der Waals surface area contributed by atoms with E-state index in [0.29, 0.717) is 32.9 Å². The number of halogens is 7. The number of hydrogen-bond acceptors (Lipinski definition) is 10. The first-order valence-electron chi connectivity index (χ1n) is 15.3. The van der Waals surface area contributed by atoms with Gasteiger partial charge in [-0.2, -0.15) is 0 Å². The number of aromatic nitrogens is 2. The molecule has 0 radical (unpaired) electrons. The van der Waals surface area contributed by atoms with E-state index in [1.165, 1.54) is 22.7 Å². The van der Waals surface area contributed by atoms with Crippen LogP contribution in [0, 0.1) is 23.3 Å². The Labute approximate surface area is 343 Å². The summed E-state index contributed by atoms with van der Waals surface area (Å²) < 4.78 is 79.1. The molecule has 0 saturated heterocycles. The van der Waals surface area contributed by atoms with Crippen LogP contribution in [0.1, 0.15) is 30.7 Å². The Morgan fingerprint density at radius 3 is 1.69 bits per heavy atom. The van der Waals surface area contributed by atoms with Gasteiger partial charge in [0.2, 0.25) is 0 Å². The van der Waals surface area contributed by atoms with Gasteiger partial charge in [0.05, 0.1) is 29.4 Å². The number of ether oxygens (including phenoxy) is 4. The molecule has 4 aromatic carbocycles. The summed E-state index contributed by atoms with van der Waals surface area (Å²) in [4.78, 5) is 31.4. The summed E-state index contributed by atoms with van der Waals surface area (Å²) in [5.74, 6) is -5.96. The number of primary amides is 2. The first-order valence-corrected chi connectivity index (χ1v) is 19.4. The summed E-state index contributed by atoms with van der Waals surface area (Å²) in [5, 5.41) is 2.94. The summed E-state index contributed by atoms with van der Waals surface area (Å²) >= 11 is 13.0. The van der Waals surface area contributed by atoms with Crippen molar-refractivity contribution in [1.29, 1.82) is 0 Å². The second-order valence-corrected chi connectivity index (χ2v) is 15.9. The van der Waals surface area contributed by atoms with Gasteiger partial charge in [-0.1, -0.05) is 31.9 Å². The minimum absolute atomic E-state index is 0.0486. The molecule has 4 N–H and O–H groups in total. The van der Waals surface area contributed by atoms with Crippen molar-refractivity contribution in [3.05, 3.63) is 123 Å². The van der Waals surface area contributed by atoms with Crippen LogP contribution in [0.5, 0.6) is 23.0 Å². The molecule has 0 aliphatic carbocycles. The lowest BCUT2D eigenvalue weighted by Crippen LogP contribution is -2.16. The molecule has 55 heavy (non-hydrogen) atoms. The lowest BCUT2D eigenvalue weighted by atomic mass is 10.1. The summed E-state index contributed by atoms with van der Waals surface area (Å²) in [6, 6.07) is 15.0. The summed E-state index contributed by atoms with van der Waals surface area (Å²) in [5.41, 5.74) is 11.3. The second kappa shape index (κ2) is 18.4. The van der Waals surface area contributed by atoms with Crippen LogP contribution in [0.15, 0.2) is 78.8 Å². The van der Waals surface area contributed by atoms with Crippen LogP contribution in [-0.2, 0) is 13.2 Å². The molecular formula is C36H25Br3F4N4O6S2. The van der Waals surface area contributed by atoms with Crippen LogP contribution in [0.3, 0.4) is 0 Å². The van der Waals surface area contributed by atoms with Gasteiger partial charge in [0.25, 0.3) is 11.8 Å². The molecule has 2 aromatic heterocycles. The van der Waals surface area contributed by atoms with Crippen LogP contribution in [-0.4, -0.2) is 36.0 Å². The normalized spacial score (nSPS) is 10.7. The van der Waals surface area contributed by atoms with Gasteiger partial charge in [-0.3, -0.25) is 9.59 Å². The Kier molecular flexibility index (Phi) is 13.9. The Hall–Kier alpha value is -4.56. The zero-order valence-electron chi connectivity index (χ0n) is 28.2. The molecule has 2 heterocycles. The number of nitrogens with zero attached hydrogens (tertiary/aromatic N) is 2. The lowest BCUT2D eigenvalue weighted by molar-refractivity contribution is 0.0982. The Balaban J connectivity index is 0.000000211. The van der Waals surface area contributed by atoms with E-state index < -0.39 is 46.2 Å². The van der Waals surface area contributed by atoms with Crippen LogP contribution < -0.4 is 30.4 Å². The van der Waals surface area contributed by atoms with Crippen molar-refractivity contribution in [2.45, 2.75) is 13.2 Å². The third-order valence-corrected chi connectivity index (χ3v) is 11.3. The Morgan fingerprint density at radius 2 is 1.18 bits per heavy atom. The molecule has 0 bridgehead atoms. The highest BCUT2D eigenvalue weighted by atomic mass is 79.9. The van der Waals surface area contributed by atoms with Gasteiger partial charge in [0, 0.05) is 25.5 Å². The Morgan fingerprint density at radius 1 is 0.691 bits per heavy atom. The fourth-order valence-corrected chi connectivity index (χ4v) is 7.90. The van der Waals surface area contributed by atoms with Gasteiger partial charge in [-0.25, -0.2) is 27.5 Å². The van der Waals surface area contributed by atoms with E-state index in [-0.39, 0.29) is 24.7 Å². The smallest absolute Gasteiger partial charge is 0.254 e. The van der Waals surface area contributed by atoms with Crippen LogP contribution in [0.2, 0.25) is 0 Å². The molecule has 0 spiro atoms. The molecule has 0 aliphatic rings. The van der Waals surface area contributed by atoms with E-state index >= 15 is 0 Å². The maximum atomic E-state index is 14.3. The molecule has 0 fully saturated rings. The van der Waals surface area contributed by atoms with Gasteiger partial charge in [0.15, 0.2) is 23.1 Å². The van der Waals surface area contributed by atoms with Gasteiger partial charge in [-0.05, 0) is 76.6 Å². The Bertz CT molecular complexity index is 2400. The van der Waals surface area contributed by atoms with E-state index in [0.717, 1.165) is 48.1 Å². The molecule has 10 nitrogen and oxygen atoms in total. The maximum absolute atomic E-state index is 14.3.